The molecule has 1 fully saturated rings. The molecule has 1 aliphatic heterocycles. The molecular formula is C21H24ClN3O3. The predicted octanol–water partition coefficient (Wildman–Crippen LogP) is 3.12. The van der Waals surface area contributed by atoms with E-state index in [1.54, 1.807) is 24.3 Å². The SMILES string of the molecule is O=C(O)Cc1ccc(NC(=O)CCN2CCN(c3cccc(Cl)c3)CC2)cc1. The maximum Gasteiger partial charge on any atom is 0.307 e. The second-order valence-electron chi connectivity index (χ2n) is 6.87. The first-order chi connectivity index (χ1) is 13.5. The van der Waals surface area contributed by atoms with E-state index in [0.717, 1.165) is 36.9 Å². The van der Waals surface area contributed by atoms with Gasteiger partial charge in [0.15, 0.2) is 0 Å². The first kappa shape index (κ1) is 20.2. The highest BCUT2D eigenvalue weighted by atomic mass is 35.5. The van der Waals surface area contributed by atoms with E-state index >= 15 is 0 Å². The zero-order valence-electron chi connectivity index (χ0n) is 15.6. The number of piperazine rings is 1. The van der Waals surface area contributed by atoms with Gasteiger partial charge in [0.05, 0.1) is 6.42 Å². The first-order valence-electron chi connectivity index (χ1n) is 9.33. The van der Waals surface area contributed by atoms with E-state index in [1.165, 1.54) is 0 Å². The van der Waals surface area contributed by atoms with Crippen LogP contribution >= 0.6 is 11.6 Å². The Morgan fingerprint density at radius 2 is 1.75 bits per heavy atom. The fraction of sp³-hybridized carbons (Fsp3) is 0.333. The van der Waals surface area contributed by atoms with E-state index < -0.39 is 5.97 Å². The molecule has 0 aromatic heterocycles. The zero-order valence-corrected chi connectivity index (χ0v) is 16.4. The second kappa shape index (κ2) is 9.57. The van der Waals surface area contributed by atoms with Gasteiger partial charge in [-0.05, 0) is 35.9 Å². The molecule has 0 saturated carbocycles. The molecule has 0 aliphatic carbocycles. The summed E-state index contributed by atoms with van der Waals surface area (Å²) in [7, 11) is 0. The predicted molar refractivity (Wildman–Crippen MR) is 111 cm³/mol. The van der Waals surface area contributed by atoms with Gasteiger partial charge in [0.2, 0.25) is 5.91 Å². The van der Waals surface area contributed by atoms with Crippen molar-refractivity contribution in [3.63, 3.8) is 0 Å². The van der Waals surface area contributed by atoms with Crippen LogP contribution in [0.25, 0.3) is 0 Å². The lowest BCUT2D eigenvalue weighted by Gasteiger charge is -2.36. The molecular weight excluding hydrogens is 378 g/mol. The highest BCUT2D eigenvalue weighted by Crippen LogP contribution is 2.20. The Labute approximate surface area is 169 Å². The molecule has 2 aromatic carbocycles. The average Bonchev–Trinajstić information content (AvgIpc) is 2.68. The second-order valence-corrected chi connectivity index (χ2v) is 7.31. The van der Waals surface area contributed by atoms with Crippen molar-refractivity contribution >= 4 is 34.9 Å². The highest BCUT2D eigenvalue weighted by Gasteiger charge is 2.18. The number of carbonyl (C=O) groups is 2. The van der Waals surface area contributed by atoms with Crippen LogP contribution in [0.3, 0.4) is 0 Å². The summed E-state index contributed by atoms with van der Waals surface area (Å²) in [5, 5.41) is 12.4. The lowest BCUT2D eigenvalue weighted by molar-refractivity contribution is -0.136. The number of hydrogen-bond donors (Lipinski definition) is 2. The minimum absolute atomic E-state index is 0.0185. The van der Waals surface area contributed by atoms with Crippen LogP contribution in [0.5, 0.6) is 0 Å². The van der Waals surface area contributed by atoms with Crippen molar-refractivity contribution in [1.82, 2.24) is 4.90 Å². The topological polar surface area (TPSA) is 72.9 Å². The molecule has 0 unspecified atom stereocenters. The third-order valence-corrected chi connectivity index (χ3v) is 5.03. The summed E-state index contributed by atoms with van der Waals surface area (Å²) >= 11 is 6.07. The van der Waals surface area contributed by atoms with Gasteiger partial charge >= 0.3 is 5.97 Å². The Balaban J connectivity index is 1.40. The van der Waals surface area contributed by atoms with Gasteiger partial charge in [-0.2, -0.15) is 0 Å². The standard InChI is InChI=1S/C21H24ClN3O3/c22-17-2-1-3-19(15-17)25-12-10-24(11-13-25)9-8-20(26)23-18-6-4-16(5-7-18)14-21(27)28/h1-7,15H,8-14H2,(H,23,26)(H,27,28). The number of aliphatic carboxylic acids is 1. The van der Waals surface area contributed by atoms with Gasteiger partial charge in [-0.3, -0.25) is 14.5 Å². The molecule has 1 aliphatic rings. The molecule has 1 heterocycles. The Morgan fingerprint density at radius 3 is 2.39 bits per heavy atom. The Bertz CT molecular complexity index is 818. The molecule has 1 saturated heterocycles. The lowest BCUT2D eigenvalue weighted by atomic mass is 10.1. The van der Waals surface area contributed by atoms with Crippen LogP contribution in [0, 0.1) is 0 Å². The molecule has 148 valence electrons. The summed E-state index contributed by atoms with van der Waals surface area (Å²) in [5.74, 6) is -0.907. The number of amides is 1. The van der Waals surface area contributed by atoms with E-state index in [1.807, 2.05) is 18.2 Å². The number of carbonyl (C=O) groups excluding carboxylic acids is 1. The molecule has 2 N–H and O–H groups in total. The van der Waals surface area contributed by atoms with Crippen molar-refractivity contribution in [1.29, 1.82) is 0 Å². The number of anilines is 2. The molecule has 2 aromatic rings. The molecule has 6 nitrogen and oxygen atoms in total. The van der Waals surface area contributed by atoms with E-state index in [4.69, 9.17) is 16.7 Å². The molecule has 28 heavy (non-hydrogen) atoms. The van der Waals surface area contributed by atoms with Crippen LogP contribution in [0.15, 0.2) is 48.5 Å². The largest absolute Gasteiger partial charge is 0.481 e. The summed E-state index contributed by atoms with van der Waals surface area (Å²) in [6.07, 6.45) is 0.406. The van der Waals surface area contributed by atoms with Gasteiger partial charge in [0.1, 0.15) is 0 Å². The van der Waals surface area contributed by atoms with Crippen molar-refractivity contribution in [2.45, 2.75) is 12.8 Å². The number of carboxylic acid groups (broad SMARTS) is 1. The summed E-state index contributed by atoms with van der Waals surface area (Å²) in [6.45, 7) is 4.35. The first-order valence-corrected chi connectivity index (χ1v) is 9.71. The quantitative estimate of drug-likeness (QED) is 0.745. The third-order valence-electron chi connectivity index (χ3n) is 4.79. The number of hydrogen-bond acceptors (Lipinski definition) is 4. The molecule has 7 heteroatoms. The van der Waals surface area contributed by atoms with Crippen LogP contribution in [0.1, 0.15) is 12.0 Å². The number of benzene rings is 2. The monoisotopic (exact) mass is 401 g/mol. The van der Waals surface area contributed by atoms with Crippen molar-refractivity contribution in [2.24, 2.45) is 0 Å². The van der Waals surface area contributed by atoms with Crippen LogP contribution in [-0.2, 0) is 16.0 Å². The average molecular weight is 402 g/mol. The normalized spacial score (nSPS) is 14.7. The van der Waals surface area contributed by atoms with Crippen molar-refractivity contribution in [3.8, 4) is 0 Å². The molecule has 0 bridgehead atoms. The van der Waals surface area contributed by atoms with Gasteiger partial charge < -0.3 is 15.3 Å². The zero-order chi connectivity index (χ0) is 19.9. The fourth-order valence-corrected chi connectivity index (χ4v) is 3.45. The minimum atomic E-state index is -0.868. The number of rotatable bonds is 7. The Kier molecular flexibility index (Phi) is 6.90. The maximum absolute atomic E-state index is 12.2. The Hall–Kier alpha value is -2.57. The molecule has 1 amide bonds. The van der Waals surface area contributed by atoms with E-state index in [9.17, 15) is 9.59 Å². The minimum Gasteiger partial charge on any atom is -0.481 e. The maximum atomic E-state index is 12.2. The molecule has 0 spiro atoms. The summed E-state index contributed by atoms with van der Waals surface area (Å²) in [6, 6.07) is 14.8. The smallest absolute Gasteiger partial charge is 0.307 e. The summed E-state index contributed by atoms with van der Waals surface area (Å²) < 4.78 is 0. The van der Waals surface area contributed by atoms with E-state index in [-0.39, 0.29) is 12.3 Å². The summed E-state index contributed by atoms with van der Waals surface area (Å²) in [4.78, 5) is 27.5. The molecule has 0 atom stereocenters. The van der Waals surface area contributed by atoms with Gasteiger partial charge in [0, 0.05) is 55.5 Å². The molecule has 0 radical (unpaired) electrons. The number of carboxylic acids is 1. The van der Waals surface area contributed by atoms with Crippen molar-refractivity contribution < 1.29 is 14.7 Å². The fourth-order valence-electron chi connectivity index (χ4n) is 3.27. The van der Waals surface area contributed by atoms with E-state index in [2.05, 4.69) is 21.2 Å². The van der Waals surface area contributed by atoms with Gasteiger partial charge in [-0.1, -0.05) is 29.8 Å². The van der Waals surface area contributed by atoms with Crippen LogP contribution in [0.4, 0.5) is 11.4 Å². The van der Waals surface area contributed by atoms with Gasteiger partial charge in [-0.15, -0.1) is 0 Å². The van der Waals surface area contributed by atoms with Crippen LogP contribution in [-0.4, -0.2) is 54.6 Å². The number of halogens is 1. The summed E-state index contributed by atoms with van der Waals surface area (Å²) in [5.41, 5.74) is 2.53. The highest BCUT2D eigenvalue weighted by molar-refractivity contribution is 6.30. The van der Waals surface area contributed by atoms with Gasteiger partial charge in [0.25, 0.3) is 0 Å². The van der Waals surface area contributed by atoms with Crippen LogP contribution in [0.2, 0.25) is 5.02 Å². The third kappa shape index (κ3) is 5.97. The Morgan fingerprint density at radius 1 is 1.04 bits per heavy atom. The lowest BCUT2D eigenvalue weighted by Crippen LogP contribution is -2.47. The molecule has 3 rings (SSSR count). The van der Waals surface area contributed by atoms with Crippen molar-refractivity contribution in [2.75, 3.05) is 42.9 Å². The van der Waals surface area contributed by atoms with Crippen LogP contribution < -0.4 is 10.2 Å². The number of nitrogens with zero attached hydrogens (tertiary/aromatic N) is 2. The van der Waals surface area contributed by atoms with E-state index in [0.29, 0.717) is 24.2 Å². The van der Waals surface area contributed by atoms with Crippen molar-refractivity contribution in [3.05, 3.63) is 59.1 Å². The van der Waals surface area contributed by atoms with Gasteiger partial charge in [-0.25, -0.2) is 0 Å². The number of nitrogens with one attached hydrogen (secondary N) is 1.